The van der Waals surface area contributed by atoms with E-state index in [0.717, 1.165) is 12.8 Å². The van der Waals surface area contributed by atoms with Gasteiger partial charge in [-0.05, 0) is 25.5 Å². The minimum atomic E-state index is -0.589. The van der Waals surface area contributed by atoms with Gasteiger partial charge in [0.2, 0.25) is 0 Å². The first-order valence-electron chi connectivity index (χ1n) is 6.67. The lowest BCUT2D eigenvalue weighted by molar-refractivity contribution is 0.00284. The molecule has 104 valence electrons. The van der Waals surface area contributed by atoms with Crippen molar-refractivity contribution < 1.29 is 9.90 Å². The molecule has 1 fully saturated rings. The van der Waals surface area contributed by atoms with Crippen molar-refractivity contribution in [3.05, 3.63) is 17.8 Å². The molecule has 0 bridgehead atoms. The predicted octanol–water partition coefficient (Wildman–Crippen LogP) is 0.577. The van der Waals surface area contributed by atoms with Gasteiger partial charge in [0, 0.05) is 6.54 Å². The second-order valence-corrected chi connectivity index (χ2v) is 4.97. The molecule has 1 aromatic heterocycles. The third-order valence-electron chi connectivity index (χ3n) is 3.23. The van der Waals surface area contributed by atoms with Crippen molar-refractivity contribution in [1.82, 2.24) is 15.5 Å². The average Bonchev–Trinajstić information content (AvgIpc) is 2.36. The van der Waals surface area contributed by atoms with Crippen LogP contribution in [0.25, 0.3) is 0 Å². The molecular weight excluding hydrogens is 244 g/mol. The molecule has 1 aliphatic rings. The quantitative estimate of drug-likeness (QED) is 0.813. The lowest BCUT2D eigenvalue weighted by atomic mass is 9.89. The maximum atomic E-state index is 11.5. The Morgan fingerprint density at radius 3 is 2.68 bits per heavy atom. The topological polar surface area (TPSA) is 78.4 Å². The fourth-order valence-corrected chi connectivity index (χ4v) is 2.32. The first kappa shape index (κ1) is 13.7. The molecule has 1 aromatic rings. The van der Waals surface area contributed by atoms with E-state index in [-0.39, 0.29) is 5.91 Å². The van der Waals surface area contributed by atoms with Gasteiger partial charge in [0.15, 0.2) is 11.5 Å². The van der Waals surface area contributed by atoms with Crippen molar-refractivity contribution in [3.8, 4) is 0 Å². The fourth-order valence-electron chi connectivity index (χ4n) is 2.32. The van der Waals surface area contributed by atoms with Crippen LogP contribution in [0.1, 0.15) is 37.2 Å². The number of carbonyl (C=O) groups is 1. The third-order valence-corrected chi connectivity index (χ3v) is 3.23. The van der Waals surface area contributed by atoms with E-state index in [2.05, 4.69) is 22.4 Å². The lowest BCUT2D eigenvalue weighted by Crippen LogP contribution is -2.62. The summed E-state index contributed by atoms with van der Waals surface area (Å²) in [5.41, 5.74) is -0.274. The van der Waals surface area contributed by atoms with Crippen LogP contribution < -0.4 is 10.2 Å². The van der Waals surface area contributed by atoms with Gasteiger partial charge in [0.05, 0.1) is 18.7 Å². The number of carbonyl (C=O) groups excluding carboxylic acids is 1. The van der Waals surface area contributed by atoms with E-state index >= 15 is 0 Å². The number of anilines is 1. The van der Waals surface area contributed by atoms with Gasteiger partial charge in [-0.25, -0.2) is 0 Å². The van der Waals surface area contributed by atoms with Crippen molar-refractivity contribution in [1.29, 1.82) is 0 Å². The van der Waals surface area contributed by atoms with E-state index in [1.54, 1.807) is 12.1 Å². The van der Waals surface area contributed by atoms with Crippen LogP contribution in [-0.4, -0.2) is 46.4 Å². The van der Waals surface area contributed by atoms with E-state index in [1.165, 1.54) is 0 Å². The molecule has 0 aromatic carbocycles. The van der Waals surface area contributed by atoms with E-state index < -0.39 is 5.60 Å². The molecular formula is C13H20N4O2. The minimum absolute atomic E-state index is 0.215. The fraction of sp³-hybridized carbons (Fsp3) is 0.615. The summed E-state index contributed by atoms with van der Waals surface area (Å²) in [6.45, 7) is 5.64. The Morgan fingerprint density at radius 1 is 1.42 bits per heavy atom. The second kappa shape index (κ2) is 5.52. The van der Waals surface area contributed by atoms with Gasteiger partial charge in [-0.2, -0.15) is 0 Å². The third kappa shape index (κ3) is 3.01. The first-order valence-corrected chi connectivity index (χ1v) is 6.67. The second-order valence-electron chi connectivity index (χ2n) is 4.97. The van der Waals surface area contributed by atoms with Crippen LogP contribution in [0, 0.1) is 0 Å². The first-order chi connectivity index (χ1) is 9.08. The van der Waals surface area contributed by atoms with Crippen molar-refractivity contribution >= 4 is 11.7 Å². The summed E-state index contributed by atoms with van der Waals surface area (Å²) >= 11 is 0. The molecule has 1 aliphatic heterocycles. The van der Waals surface area contributed by atoms with Crippen LogP contribution in [0.4, 0.5) is 5.82 Å². The van der Waals surface area contributed by atoms with Crippen LogP contribution in [0.15, 0.2) is 12.1 Å². The number of nitrogens with one attached hydrogen (secondary N) is 1. The zero-order valence-electron chi connectivity index (χ0n) is 11.4. The number of β-amino-alcohol motifs (C(OH)–C–C–N with tert-alkyl or cyclic N) is 1. The highest BCUT2D eigenvalue weighted by atomic mass is 16.3. The lowest BCUT2D eigenvalue weighted by Gasteiger charge is -2.47. The molecule has 0 aliphatic carbocycles. The van der Waals surface area contributed by atoms with Crippen LogP contribution in [0.5, 0.6) is 0 Å². The number of hydrogen-bond acceptors (Lipinski definition) is 5. The SMILES string of the molecule is CCCC1(O)CN(c2ccc(C(=O)NCC)nn2)C1. The highest BCUT2D eigenvalue weighted by Gasteiger charge is 2.40. The van der Waals surface area contributed by atoms with Gasteiger partial charge in [-0.3, -0.25) is 4.79 Å². The van der Waals surface area contributed by atoms with E-state index in [4.69, 9.17) is 0 Å². The Hall–Kier alpha value is -1.69. The number of rotatable bonds is 5. The van der Waals surface area contributed by atoms with Gasteiger partial charge in [0.25, 0.3) is 5.91 Å². The summed E-state index contributed by atoms with van der Waals surface area (Å²) in [7, 11) is 0. The van der Waals surface area contributed by atoms with E-state index in [9.17, 15) is 9.90 Å². The molecule has 6 nitrogen and oxygen atoms in total. The molecule has 0 spiro atoms. The number of aliphatic hydroxyl groups is 1. The average molecular weight is 264 g/mol. The zero-order valence-corrected chi connectivity index (χ0v) is 11.4. The minimum Gasteiger partial charge on any atom is -0.386 e. The van der Waals surface area contributed by atoms with Crippen molar-refractivity contribution in [3.63, 3.8) is 0 Å². The molecule has 2 rings (SSSR count). The number of nitrogens with zero attached hydrogens (tertiary/aromatic N) is 3. The monoisotopic (exact) mass is 264 g/mol. The summed E-state index contributed by atoms with van der Waals surface area (Å²) in [5.74, 6) is 0.487. The summed E-state index contributed by atoms with van der Waals surface area (Å²) in [4.78, 5) is 13.5. The number of aromatic nitrogens is 2. The molecule has 1 saturated heterocycles. The van der Waals surface area contributed by atoms with Crippen molar-refractivity contribution in [2.45, 2.75) is 32.3 Å². The number of hydrogen-bond donors (Lipinski definition) is 2. The molecule has 6 heteroatoms. The number of amides is 1. The van der Waals surface area contributed by atoms with Crippen molar-refractivity contribution in [2.24, 2.45) is 0 Å². The van der Waals surface area contributed by atoms with Crippen LogP contribution in [0.2, 0.25) is 0 Å². The molecule has 0 radical (unpaired) electrons. The van der Waals surface area contributed by atoms with E-state index in [0.29, 0.717) is 31.1 Å². The normalized spacial score (nSPS) is 16.9. The molecule has 19 heavy (non-hydrogen) atoms. The van der Waals surface area contributed by atoms with Crippen LogP contribution >= 0.6 is 0 Å². The van der Waals surface area contributed by atoms with Gasteiger partial charge in [-0.15, -0.1) is 10.2 Å². The summed E-state index contributed by atoms with van der Waals surface area (Å²) in [6.07, 6.45) is 1.76. The maximum Gasteiger partial charge on any atom is 0.271 e. The van der Waals surface area contributed by atoms with E-state index in [1.807, 2.05) is 11.8 Å². The van der Waals surface area contributed by atoms with Gasteiger partial charge >= 0.3 is 0 Å². The summed E-state index contributed by atoms with van der Waals surface area (Å²) < 4.78 is 0. The van der Waals surface area contributed by atoms with Gasteiger partial charge < -0.3 is 15.3 Å². The molecule has 2 N–H and O–H groups in total. The van der Waals surface area contributed by atoms with Crippen LogP contribution in [-0.2, 0) is 0 Å². The smallest absolute Gasteiger partial charge is 0.271 e. The Kier molecular flexibility index (Phi) is 3.99. The molecule has 0 unspecified atom stereocenters. The van der Waals surface area contributed by atoms with Gasteiger partial charge in [0.1, 0.15) is 0 Å². The zero-order chi connectivity index (χ0) is 13.9. The maximum absolute atomic E-state index is 11.5. The summed E-state index contributed by atoms with van der Waals surface area (Å²) in [6, 6.07) is 3.42. The molecule has 1 amide bonds. The highest BCUT2D eigenvalue weighted by molar-refractivity contribution is 5.92. The van der Waals surface area contributed by atoms with Crippen LogP contribution in [0.3, 0.4) is 0 Å². The Bertz CT molecular complexity index is 440. The van der Waals surface area contributed by atoms with Crippen molar-refractivity contribution in [2.75, 3.05) is 24.5 Å². The largest absolute Gasteiger partial charge is 0.386 e. The van der Waals surface area contributed by atoms with Gasteiger partial charge in [-0.1, -0.05) is 13.3 Å². The Labute approximate surface area is 112 Å². The standard InChI is InChI=1S/C13H20N4O2/c1-3-7-13(19)8-17(9-13)11-6-5-10(15-16-11)12(18)14-4-2/h5-6,19H,3-4,7-9H2,1-2H3,(H,14,18). The summed E-state index contributed by atoms with van der Waals surface area (Å²) in [5, 5.41) is 20.7. The molecule has 0 atom stereocenters. The Morgan fingerprint density at radius 2 is 2.16 bits per heavy atom. The molecule has 0 saturated carbocycles. The predicted molar refractivity (Wildman–Crippen MR) is 72.1 cm³/mol. The molecule has 2 heterocycles. The highest BCUT2D eigenvalue weighted by Crippen LogP contribution is 2.29. The Balaban J connectivity index is 1.95.